The molecule has 0 saturated heterocycles. The van der Waals surface area contributed by atoms with Gasteiger partial charge in [0.15, 0.2) is 0 Å². The van der Waals surface area contributed by atoms with Gasteiger partial charge in [-0.15, -0.1) is 17.9 Å². The van der Waals surface area contributed by atoms with E-state index in [4.69, 9.17) is 5.73 Å². The molecule has 0 aliphatic carbocycles. The SMILES string of the molecule is C=CCCCCCCCc1cc(C(=O)NCCCC)c(N)s1. The number of unbranched alkanes of at least 4 members (excludes halogenated alkanes) is 6. The van der Waals surface area contributed by atoms with E-state index in [0.29, 0.717) is 10.6 Å². The fourth-order valence-corrected chi connectivity index (χ4v) is 3.32. The molecule has 1 rings (SSSR count). The van der Waals surface area contributed by atoms with E-state index < -0.39 is 0 Å². The molecule has 3 nitrogen and oxygen atoms in total. The summed E-state index contributed by atoms with van der Waals surface area (Å²) in [4.78, 5) is 13.3. The summed E-state index contributed by atoms with van der Waals surface area (Å²) in [5.41, 5.74) is 6.63. The van der Waals surface area contributed by atoms with Gasteiger partial charge in [-0.05, 0) is 38.2 Å². The number of carbonyl (C=O) groups is 1. The smallest absolute Gasteiger partial charge is 0.254 e. The van der Waals surface area contributed by atoms with Gasteiger partial charge in [-0.2, -0.15) is 0 Å². The average Bonchev–Trinajstić information content (AvgIpc) is 2.87. The van der Waals surface area contributed by atoms with Crippen molar-refractivity contribution in [2.45, 2.75) is 64.7 Å². The van der Waals surface area contributed by atoms with Crippen molar-refractivity contribution >= 4 is 22.2 Å². The van der Waals surface area contributed by atoms with Crippen molar-refractivity contribution in [1.82, 2.24) is 5.32 Å². The van der Waals surface area contributed by atoms with E-state index >= 15 is 0 Å². The van der Waals surface area contributed by atoms with Crippen molar-refractivity contribution in [3.63, 3.8) is 0 Å². The second-order valence-corrected chi connectivity index (χ2v) is 6.86. The zero-order valence-corrected chi connectivity index (χ0v) is 14.6. The molecular formula is C18H30N2OS. The molecule has 0 aliphatic heterocycles. The summed E-state index contributed by atoms with van der Waals surface area (Å²) in [6.45, 7) is 6.58. The van der Waals surface area contributed by atoms with E-state index in [2.05, 4.69) is 18.8 Å². The van der Waals surface area contributed by atoms with Crippen LogP contribution in [0.25, 0.3) is 0 Å². The van der Waals surface area contributed by atoms with Gasteiger partial charge in [-0.1, -0.05) is 38.7 Å². The number of carbonyl (C=O) groups excluding carboxylic acids is 1. The van der Waals surface area contributed by atoms with Crippen molar-refractivity contribution in [3.05, 3.63) is 29.2 Å². The van der Waals surface area contributed by atoms with Gasteiger partial charge in [-0.3, -0.25) is 4.79 Å². The van der Waals surface area contributed by atoms with Crippen LogP contribution in [0.2, 0.25) is 0 Å². The van der Waals surface area contributed by atoms with Crippen molar-refractivity contribution in [2.24, 2.45) is 0 Å². The lowest BCUT2D eigenvalue weighted by Gasteiger charge is -2.02. The van der Waals surface area contributed by atoms with E-state index in [-0.39, 0.29) is 5.91 Å². The fourth-order valence-electron chi connectivity index (χ4n) is 2.35. The molecule has 1 aromatic heterocycles. The Morgan fingerprint density at radius 3 is 2.73 bits per heavy atom. The highest BCUT2D eigenvalue weighted by atomic mass is 32.1. The molecule has 1 amide bonds. The van der Waals surface area contributed by atoms with E-state index in [1.165, 1.54) is 37.0 Å². The lowest BCUT2D eigenvalue weighted by atomic mass is 10.1. The zero-order valence-electron chi connectivity index (χ0n) is 13.8. The maximum Gasteiger partial charge on any atom is 0.254 e. The van der Waals surface area contributed by atoms with Gasteiger partial charge in [0.1, 0.15) is 0 Å². The number of nitrogens with two attached hydrogens (primary N) is 1. The topological polar surface area (TPSA) is 55.1 Å². The van der Waals surface area contributed by atoms with Gasteiger partial charge < -0.3 is 11.1 Å². The minimum absolute atomic E-state index is 0.0297. The summed E-state index contributed by atoms with van der Waals surface area (Å²) >= 11 is 1.56. The third-order valence-electron chi connectivity index (χ3n) is 3.70. The Morgan fingerprint density at radius 2 is 2.00 bits per heavy atom. The Kier molecular flexibility index (Phi) is 9.64. The third kappa shape index (κ3) is 7.12. The van der Waals surface area contributed by atoms with Gasteiger partial charge >= 0.3 is 0 Å². The molecule has 0 fully saturated rings. The fraction of sp³-hybridized carbons (Fsp3) is 0.611. The Bertz CT molecular complexity index is 454. The monoisotopic (exact) mass is 322 g/mol. The van der Waals surface area contributed by atoms with Crippen LogP contribution in [0, 0.1) is 0 Å². The third-order valence-corrected chi connectivity index (χ3v) is 4.73. The van der Waals surface area contributed by atoms with Crippen LogP contribution >= 0.6 is 11.3 Å². The quantitative estimate of drug-likeness (QED) is 0.423. The summed E-state index contributed by atoms with van der Waals surface area (Å²) in [7, 11) is 0. The molecule has 0 aromatic carbocycles. The highest BCUT2D eigenvalue weighted by Crippen LogP contribution is 2.26. The lowest BCUT2D eigenvalue weighted by molar-refractivity contribution is 0.0954. The maximum absolute atomic E-state index is 12.0. The molecule has 0 spiro atoms. The summed E-state index contributed by atoms with van der Waals surface area (Å²) in [5, 5.41) is 3.58. The second kappa shape index (κ2) is 11.3. The molecule has 0 aliphatic rings. The molecule has 1 heterocycles. The molecular weight excluding hydrogens is 292 g/mol. The van der Waals surface area contributed by atoms with Crippen LogP contribution in [-0.4, -0.2) is 12.5 Å². The van der Waals surface area contributed by atoms with Gasteiger partial charge in [0.2, 0.25) is 0 Å². The summed E-state index contributed by atoms with van der Waals surface area (Å²) < 4.78 is 0. The van der Waals surface area contributed by atoms with Crippen LogP contribution in [0.3, 0.4) is 0 Å². The number of aryl methyl sites for hydroxylation is 1. The summed E-state index contributed by atoms with van der Waals surface area (Å²) in [6, 6.07) is 1.97. The second-order valence-electron chi connectivity index (χ2n) is 5.70. The Hall–Kier alpha value is -1.29. The molecule has 3 N–H and O–H groups in total. The van der Waals surface area contributed by atoms with Gasteiger partial charge in [-0.25, -0.2) is 0 Å². The molecule has 124 valence electrons. The lowest BCUT2D eigenvalue weighted by Crippen LogP contribution is -2.24. The molecule has 0 radical (unpaired) electrons. The zero-order chi connectivity index (χ0) is 16.2. The Morgan fingerprint density at radius 1 is 1.27 bits per heavy atom. The van der Waals surface area contributed by atoms with Gasteiger partial charge in [0, 0.05) is 11.4 Å². The van der Waals surface area contributed by atoms with Crippen LogP contribution < -0.4 is 11.1 Å². The van der Waals surface area contributed by atoms with Crippen LogP contribution in [0.1, 0.15) is 73.5 Å². The number of nitrogen functional groups attached to an aromatic ring is 1. The molecule has 0 unspecified atom stereocenters. The predicted molar refractivity (Wildman–Crippen MR) is 97.6 cm³/mol. The average molecular weight is 323 g/mol. The normalized spacial score (nSPS) is 10.6. The number of thiophene rings is 1. The molecule has 22 heavy (non-hydrogen) atoms. The van der Waals surface area contributed by atoms with Crippen molar-refractivity contribution in [1.29, 1.82) is 0 Å². The first-order valence-electron chi connectivity index (χ1n) is 8.46. The Labute approximate surface area is 139 Å². The first kappa shape index (κ1) is 18.8. The molecule has 0 saturated carbocycles. The highest BCUT2D eigenvalue weighted by molar-refractivity contribution is 7.16. The highest BCUT2D eigenvalue weighted by Gasteiger charge is 2.13. The number of nitrogens with one attached hydrogen (secondary N) is 1. The van der Waals surface area contributed by atoms with Crippen LogP contribution in [-0.2, 0) is 6.42 Å². The number of hydrogen-bond donors (Lipinski definition) is 2. The van der Waals surface area contributed by atoms with E-state index in [1.54, 1.807) is 11.3 Å². The van der Waals surface area contributed by atoms with Gasteiger partial charge in [0.05, 0.1) is 10.6 Å². The van der Waals surface area contributed by atoms with Crippen molar-refractivity contribution in [2.75, 3.05) is 12.3 Å². The Balaban J connectivity index is 2.29. The van der Waals surface area contributed by atoms with Crippen molar-refractivity contribution in [3.8, 4) is 0 Å². The first-order chi connectivity index (χ1) is 10.7. The number of rotatable bonds is 12. The molecule has 4 heteroatoms. The van der Waals surface area contributed by atoms with Crippen LogP contribution in [0.15, 0.2) is 18.7 Å². The minimum Gasteiger partial charge on any atom is -0.390 e. The van der Waals surface area contributed by atoms with E-state index in [0.717, 1.165) is 32.2 Å². The first-order valence-corrected chi connectivity index (χ1v) is 9.28. The number of hydrogen-bond acceptors (Lipinski definition) is 3. The molecule has 1 aromatic rings. The van der Waals surface area contributed by atoms with E-state index in [1.807, 2.05) is 12.1 Å². The van der Waals surface area contributed by atoms with E-state index in [9.17, 15) is 4.79 Å². The standard InChI is InChI=1S/C18H30N2OS/c1-3-5-7-8-9-10-11-12-15-14-16(17(19)22-15)18(21)20-13-6-4-2/h3,14H,1,4-13,19H2,2H3,(H,20,21). The maximum atomic E-state index is 12.0. The predicted octanol–water partition coefficient (Wildman–Crippen LogP) is 4.93. The minimum atomic E-state index is -0.0297. The summed E-state index contributed by atoms with van der Waals surface area (Å²) in [6.07, 6.45) is 12.4. The van der Waals surface area contributed by atoms with Crippen molar-refractivity contribution < 1.29 is 4.79 Å². The number of anilines is 1. The van der Waals surface area contributed by atoms with Crippen LogP contribution in [0.4, 0.5) is 5.00 Å². The largest absolute Gasteiger partial charge is 0.390 e. The van der Waals surface area contributed by atoms with Crippen LogP contribution in [0.5, 0.6) is 0 Å². The molecule has 0 atom stereocenters. The summed E-state index contributed by atoms with van der Waals surface area (Å²) in [5.74, 6) is -0.0297. The number of amides is 1. The van der Waals surface area contributed by atoms with Gasteiger partial charge in [0.25, 0.3) is 5.91 Å². The molecule has 0 bridgehead atoms. The number of allylic oxidation sites excluding steroid dienone is 1.